The first-order chi connectivity index (χ1) is 13.4. The van der Waals surface area contributed by atoms with Crippen LogP contribution in [-0.2, 0) is 20.7 Å². The molecule has 0 unspecified atom stereocenters. The first kappa shape index (κ1) is 19.7. The van der Waals surface area contributed by atoms with Crippen LogP contribution in [0.2, 0.25) is 0 Å². The van der Waals surface area contributed by atoms with Crippen LogP contribution in [0, 0.1) is 12.7 Å². The van der Waals surface area contributed by atoms with Gasteiger partial charge < -0.3 is 10.1 Å². The van der Waals surface area contributed by atoms with Crippen LogP contribution in [0.3, 0.4) is 0 Å². The van der Waals surface area contributed by atoms with Gasteiger partial charge in [-0.25, -0.2) is 9.37 Å². The Morgan fingerprint density at radius 3 is 2.50 bits per heavy atom. The summed E-state index contributed by atoms with van der Waals surface area (Å²) in [4.78, 5) is 28.7. The first-order valence-electron chi connectivity index (χ1n) is 8.68. The van der Waals surface area contributed by atoms with E-state index in [2.05, 4.69) is 10.3 Å². The normalized spacial score (nSPS) is 11.7. The molecule has 144 valence electrons. The molecule has 0 aliphatic heterocycles. The van der Waals surface area contributed by atoms with E-state index in [-0.39, 0.29) is 6.42 Å². The molecule has 2 aromatic carbocycles. The molecule has 28 heavy (non-hydrogen) atoms. The van der Waals surface area contributed by atoms with Gasteiger partial charge in [-0.15, -0.1) is 11.3 Å². The quantitative estimate of drug-likeness (QED) is 0.626. The maximum Gasteiger partial charge on any atom is 0.312 e. The molecule has 3 rings (SSSR count). The minimum atomic E-state index is -0.979. The number of nitrogens with zero attached hydrogens (tertiary/aromatic N) is 1. The van der Waals surface area contributed by atoms with Gasteiger partial charge in [-0.05, 0) is 38.1 Å². The summed E-state index contributed by atoms with van der Waals surface area (Å²) in [6, 6.07) is 13.3. The highest BCUT2D eigenvalue weighted by Gasteiger charge is 2.19. The van der Waals surface area contributed by atoms with Gasteiger partial charge in [-0.1, -0.05) is 29.8 Å². The van der Waals surface area contributed by atoms with Crippen molar-refractivity contribution in [2.75, 3.05) is 5.32 Å². The van der Waals surface area contributed by atoms with Crippen molar-refractivity contribution in [2.45, 2.75) is 26.4 Å². The van der Waals surface area contributed by atoms with Crippen LogP contribution in [0.25, 0.3) is 10.6 Å². The Balaban J connectivity index is 1.54. The number of esters is 1. The number of carbonyl (C=O) groups is 2. The number of rotatable bonds is 6. The molecule has 7 heteroatoms. The minimum Gasteiger partial charge on any atom is -0.452 e. The van der Waals surface area contributed by atoms with Crippen molar-refractivity contribution in [1.82, 2.24) is 4.98 Å². The molecule has 0 bridgehead atoms. The summed E-state index contributed by atoms with van der Waals surface area (Å²) in [6.45, 7) is 3.50. The van der Waals surface area contributed by atoms with Crippen molar-refractivity contribution in [1.29, 1.82) is 0 Å². The smallest absolute Gasteiger partial charge is 0.312 e. The van der Waals surface area contributed by atoms with E-state index < -0.39 is 23.8 Å². The number of halogens is 1. The molecule has 0 spiro atoms. The number of aryl methyl sites for hydroxylation is 1. The number of hydrogen-bond acceptors (Lipinski definition) is 5. The van der Waals surface area contributed by atoms with Gasteiger partial charge in [0.05, 0.1) is 12.1 Å². The third-order valence-electron chi connectivity index (χ3n) is 3.96. The number of nitrogens with one attached hydrogen (secondary N) is 1. The molecule has 5 nitrogen and oxygen atoms in total. The molecule has 1 N–H and O–H groups in total. The summed E-state index contributed by atoms with van der Waals surface area (Å²) in [6.07, 6.45) is -0.996. The van der Waals surface area contributed by atoms with Crippen LogP contribution in [0.4, 0.5) is 10.1 Å². The lowest BCUT2D eigenvalue weighted by atomic mass is 10.2. The van der Waals surface area contributed by atoms with E-state index in [4.69, 9.17) is 4.74 Å². The fraction of sp³-hybridized carbons (Fsp3) is 0.190. The van der Waals surface area contributed by atoms with Gasteiger partial charge in [0, 0.05) is 16.6 Å². The maximum atomic E-state index is 12.9. The second-order valence-electron chi connectivity index (χ2n) is 6.32. The second-order valence-corrected chi connectivity index (χ2v) is 7.17. The summed E-state index contributed by atoms with van der Waals surface area (Å²) >= 11 is 1.45. The van der Waals surface area contributed by atoms with Crippen molar-refractivity contribution in [3.05, 3.63) is 71.0 Å². The van der Waals surface area contributed by atoms with Crippen molar-refractivity contribution in [3.63, 3.8) is 0 Å². The summed E-state index contributed by atoms with van der Waals surface area (Å²) in [5.41, 5.74) is 3.17. The molecule has 0 radical (unpaired) electrons. The van der Waals surface area contributed by atoms with Crippen LogP contribution in [0.1, 0.15) is 18.2 Å². The van der Waals surface area contributed by atoms with Gasteiger partial charge in [-0.2, -0.15) is 0 Å². The second kappa shape index (κ2) is 8.75. The zero-order valence-corrected chi connectivity index (χ0v) is 16.3. The number of carbonyl (C=O) groups excluding carboxylic acids is 2. The maximum absolute atomic E-state index is 12.9. The van der Waals surface area contributed by atoms with Crippen molar-refractivity contribution >= 4 is 28.9 Å². The van der Waals surface area contributed by atoms with Gasteiger partial charge >= 0.3 is 5.97 Å². The Kier molecular flexibility index (Phi) is 6.16. The highest BCUT2D eigenvalue weighted by Crippen LogP contribution is 2.24. The molecule has 3 aromatic rings. The SMILES string of the molecule is Cc1ccc(-c2nc(CC(=O)O[C@H](C)C(=O)Nc3ccc(F)cc3)cs2)cc1. The third-order valence-corrected chi connectivity index (χ3v) is 4.91. The Bertz CT molecular complexity index is 968. The number of ether oxygens (including phenoxy) is 1. The standard InChI is InChI=1S/C21H19FN2O3S/c1-13-3-5-15(6-4-13)21-24-18(12-28-21)11-19(25)27-14(2)20(26)23-17-9-7-16(22)8-10-17/h3-10,12,14H,11H2,1-2H3,(H,23,26)/t14-/m1/s1. The number of aromatic nitrogens is 1. The average molecular weight is 398 g/mol. The van der Waals surface area contributed by atoms with Gasteiger partial charge in [-0.3, -0.25) is 9.59 Å². The lowest BCUT2D eigenvalue weighted by Crippen LogP contribution is -2.30. The van der Waals surface area contributed by atoms with Gasteiger partial charge in [0.25, 0.3) is 5.91 Å². The monoisotopic (exact) mass is 398 g/mol. The molecule has 0 aliphatic rings. The van der Waals surface area contributed by atoms with E-state index in [1.807, 2.05) is 31.2 Å². The number of benzene rings is 2. The lowest BCUT2D eigenvalue weighted by Gasteiger charge is -2.13. The Morgan fingerprint density at radius 2 is 1.82 bits per heavy atom. The molecule has 1 heterocycles. The van der Waals surface area contributed by atoms with E-state index in [0.717, 1.165) is 16.1 Å². The van der Waals surface area contributed by atoms with Gasteiger partial charge in [0.1, 0.15) is 10.8 Å². The first-order valence-corrected chi connectivity index (χ1v) is 9.56. The van der Waals surface area contributed by atoms with Crippen molar-refractivity contribution in [2.24, 2.45) is 0 Å². The van der Waals surface area contributed by atoms with Crippen LogP contribution < -0.4 is 5.32 Å². The molecule has 0 saturated carbocycles. The molecule has 1 amide bonds. The van der Waals surface area contributed by atoms with Crippen molar-refractivity contribution in [3.8, 4) is 10.6 Å². The fourth-order valence-corrected chi connectivity index (χ4v) is 3.26. The van der Waals surface area contributed by atoms with Crippen LogP contribution in [-0.4, -0.2) is 23.0 Å². The number of amides is 1. The number of anilines is 1. The summed E-state index contributed by atoms with van der Waals surface area (Å²) in [7, 11) is 0. The minimum absolute atomic E-state index is 0.0173. The Hall–Kier alpha value is -3.06. The summed E-state index contributed by atoms with van der Waals surface area (Å²) < 4.78 is 18.1. The predicted octanol–water partition coefficient (Wildman–Crippen LogP) is 4.37. The zero-order valence-electron chi connectivity index (χ0n) is 15.4. The van der Waals surface area contributed by atoms with E-state index in [1.54, 1.807) is 5.38 Å². The molecule has 1 atom stereocenters. The molecule has 0 fully saturated rings. The Morgan fingerprint density at radius 1 is 1.14 bits per heavy atom. The van der Waals surface area contributed by atoms with Crippen LogP contribution in [0.5, 0.6) is 0 Å². The highest BCUT2D eigenvalue weighted by molar-refractivity contribution is 7.13. The number of thiazole rings is 1. The molecule has 0 aliphatic carbocycles. The van der Waals surface area contributed by atoms with E-state index in [9.17, 15) is 14.0 Å². The molecular formula is C21H19FN2O3S. The molecule has 0 saturated heterocycles. The van der Waals surface area contributed by atoms with E-state index in [1.165, 1.54) is 42.5 Å². The third kappa shape index (κ3) is 5.23. The zero-order chi connectivity index (χ0) is 20.1. The molecule has 1 aromatic heterocycles. The summed E-state index contributed by atoms with van der Waals surface area (Å²) in [5.74, 6) is -1.42. The predicted molar refractivity (Wildman–Crippen MR) is 107 cm³/mol. The van der Waals surface area contributed by atoms with E-state index >= 15 is 0 Å². The number of hydrogen-bond donors (Lipinski definition) is 1. The van der Waals surface area contributed by atoms with Gasteiger partial charge in [0.2, 0.25) is 0 Å². The largest absolute Gasteiger partial charge is 0.452 e. The van der Waals surface area contributed by atoms with Gasteiger partial charge in [0.15, 0.2) is 6.10 Å². The average Bonchev–Trinajstić information content (AvgIpc) is 3.12. The fourth-order valence-electron chi connectivity index (χ4n) is 2.43. The molecular weight excluding hydrogens is 379 g/mol. The topological polar surface area (TPSA) is 68.3 Å². The Labute approximate surface area is 166 Å². The lowest BCUT2D eigenvalue weighted by molar-refractivity contribution is -0.152. The van der Waals surface area contributed by atoms with E-state index in [0.29, 0.717) is 11.4 Å². The van der Waals surface area contributed by atoms with Crippen LogP contribution >= 0.6 is 11.3 Å². The summed E-state index contributed by atoms with van der Waals surface area (Å²) in [5, 5.41) is 5.20. The van der Waals surface area contributed by atoms with Crippen LogP contribution in [0.15, 0.2) is 53.9 Å². The highest BCUT2D eigenvalue weighted by atomic mass is 32.1. The van der Waals surface area contributed by atoms with Crippen molar-refractivity contribution < 1.29 is 18.7 Å².